The molecule has 2 aromatic heterocycles. The second-order valence-corrected chi connectivity index (χ2v) is 16.0. The molecule has 11 heteroatoms. The number of thioether (sulfide) groups is 2. The van der Waals surface area contributed by atoms with Crippen molar-refractivity contribution in [2.75, 3.05) is 31.3 Å². The van der Waals surface area contributed by atoms with Gasteiger partial charge in [-0.1, -0.05) is 85.4 Å². The predicted octanol–water partition coefficient (Wildman–Crippen LogP) is 10.7. The number of esters is 1. The zero-order chi connectivity index (χ0) is 33.5. The zero-order valence-corrected chi connectivity index (χ0v) is 30.2. The van der Waals surface area contributed by atoms with E-state index in [1.807, 2.05) is 29.5 Å². The molecule has 2 heterocycles. The Bertz CT molecular complexity index is 2090. The van der Waals surface area contributed by atoms with E-state index in [9.17, 15) is 9.59 Å². The summed E-state index contributed by atoms with van der Waals surface area (Å²) in [4.78, 5) is 29.9. The van der Waals surface area contributed by atoms with Crippen LogP contribution in [-0.2, 0) is 14.3 Å². The standard InChI is InChI=1S/C37H33ClN2O4S4/c1-3-33(41)43-18-17-39-35(42)44-21-37(4-2,23-46-36-40-30-20-25(38)15-16-32(30)48-36)22-45-26-10-7-9-24(19-26)27-12-8-13-29-28-11-5-6-14-31(28)47-34(27)29/h3,5-16,19-20H,1,4,17-18,21-23H2,2H3,(H,39,42). The number of carbonyl (C=O) groups excluding carboxylic acids is 2. The minimum absolute atomic E-state index is 0.0394. The molecule has 6 nitrogen and oxygen atoms in total. The summed E-state index contributed by atoms with van der Waals surface area (Å²) in [5.74, 6) is 0.897. The average molecular weight is 733 g/mol. The average Bonchev–Trinajstić information content (AvgIpc) is 3.70. The number of nitrogens with one attached hydrogen (secondary N) is 1. The fourth-order valence-corrected chi connectivity index (χ4v) is 10.3. The van der Waals surface area contributed by atoms with E-state index in [1.54, 1.807) is 34.9 Å². The maximum atomic E-state index is 12.7. The molecule has 48 heavy (non-hydrogen) atoms. The van der Waals surface area contributed by atoms with Gasteiger partial charge in [-0.15, -0.1) is 34.4 Å². The van der Waals surface area contributed by atoms with Crippen LogP contribution in [0.3, 0.4) is 0 Å². The molecule has 6 rings (SSSR count). The molecule has 1 amide bonds. The number of benzene rings is 4. The van der Waals surface area contributed by atoms with Crippen molar-refractivity contribution in [2.24, 2.45) is 5.41 Å². The first-order valence-corrected chi connectivity index (χ1v) is 19.4. The molecule has 6 aromatic rings. The van der Waals surface area contributed by atoms with E-state index >= 15 is 0 Å². The number of alkyl carbamates (subject to hydrolysis) is 1. The summed E-state index contributed by atoms with van der Waals surface area (Å²) in [6, 6.07) is 29.5. The topological polar surface area (TPSA) is 77.5 Å². The molecule has 246 valence electrons. The van der Waals surface area contributed by atoms with Crippen molar-refractivity contribution in [1.29, 1.82) is 0 Å². The predicted molar refractivity (Wildman–Crippen MR) is 204 cm³/mol. The van der Waals surface area contributed by atoms with Crippen molar-refractivity contribution >= 4 is 100 Å². The van der Waals surface area contributed by atoms with Crippen LogP contribution in [0, 0.1) is 5.41 Å². The summed E-state index contributed by atoms with van der Waals surface area (Å²) in [5.41, 5.74) is 2.93. The molecular formula is C37H33ClN2O4S4. The number of halogens is 1. The van der Waals surface area contributed by atoms with E-state index in [0.29, 0.717) is 10.8 Å². The van der Waals surface area contributed by atoms with Crippen LogP contribution < -0.4 is 5.32 Å². The van der Waals surface area contributed by atoms with Crippen LogP contribution in [0.2, 0.25) is 5.02 Å². The lowest BCUT2D eigenvalue weighted by atomic mass is 9.91. The number of carbonyl (C=O) groups is 2. The molecule has 0 saturated carbocycles. The van der Waals surface area contributed by atoms with E-state index < -0.39 is 12.1 Å². The summed E-state index contributed by atoms with van der Waals surface area (Å²) in [6.45, 7) is 5.92. The van der Waals surface area contributed by atoms with Crippen LogP contribution >= 0.6 is 57.8 Å². The number of fused-ring (bicyclic) bond motifs is 4. The molecule has 1 N–H and O–H groups in total. The number of thiophene rings is 1. The third-order valence-corrected chi connectivity index (χ3v) is 13.3. The minimum Gasteiger partial charge on any atom is -0.461 e. The van der Waals surface area contributed by atoms with Crippen molar-refractivity contribution in [3.63, 3.8) is 0 Å². The highest BCUT2D eigenvalue weighted by atomic mass is 35.5. The Kier molecular flexibility index (Phi) is 11.3. The van der Waals surface area contributed by atoms with Gasteiger partial charge in [0.15, 0.2) is 4.34 Å². The lowest BCUT2D eigenvalue weighted by Crippen LogP contribution is -2.36. The Hall–Kier alpha value is -3.54. The van der Waals surface area contributed by atoms with Crippen LogP contribution in [0.15, 0.2) is 107 Å². The van der Waals surface area contributed by atoms with Gasteiger partial charge < -0.3 is 14.8 Å². The molecule has 0 fully saturated rings. The highest BCUT2D eigenvalue weighted by Gasteiger charge is 2.31. The van der Waals surface area contributed by atoms with Gasteiger partial charge >= 0.3 is 12.1 Å². The van der Waals surface area contributed by atoms with Crippen molar-refractivity contribution in [3.8, 4) is 11.1 Å². The van der Waals surface area contributed by atoms with E-state index in [0.717, 1.165) is 37.7 Å². The highest BCUT2D eigenvalue weighted by Crippen LogP contribution is 2.42. The monoisotopic (exact) mass is 732 g/mol. The molecular weight excluding hydrogens is 700 g/mol. The molecule has 0 saturated heterocycles. The number of amides is 1. The number of hydrogen-bond donors (Lipinski definition) is 1. The second-order valence-electron chi connectivity index (χ2n) is 11.2. The van der Waals surface area contributed by atoms with Crippen LogP contribution in [0.5, 0.6) is 0 Å². The molecule has 0 aliphatic carbocycles. The quantitative estimate of drug-likeness (QED) is 0.0517. The highest BCUT2D eigenvalue weighted by molar-refractivity contribution is 8.01. The molecule has 0 aliphatic rings. The summed E-state index contributed by atoms with van der Waals surface area (Å²) < 4.78 is 15.3. The Morgan fingerprint density at radius 1 is 0.938 bits per heavy atom. The van der Waals surface area contributed by atoms with E-state index in [-0.39, 0.29) is 25.2 Å². The van der Waals surface area contributed by atoms with Gasteiger partial charge in [-0.3, -0.25) is 0 Å². The second kappa shape index (κ2) is 15.8. The maximum Gasteiger partial charge on any atom is 0.407 e. The van der Waals surface area contributed by atoms with E-state index in [1.165, 1.54) is 31.3 Å². The molecule has 0 aliphatic heterocycles. The Labute approximate surface area is 300 Å². The largest absolute Gasteiger partial charge is 0.461 e. The van der Waals surface area contributed by atoms with Crippen LogP contribution in [0.4, 0.5) is 4.79 Å². The Morgan fingerprint density at radius 3 is 2.60 bits per heavy atom. The Balaban J connectivity index is 1.19. The lowest BCUT2D eigenvalue weighted by molar-refractivity contribution is -0.137. The number of nitrogens with zero attached hydrogens (tertiary/aromatic N) is 1. The fourth-order valence-electron chi connectivity index (χ4n) is 5.18. The summed E-state index contributed by atoms with van der Waals surface area (Å²) in [6.07, 6.45) is 1.32. The number of rotatable bonds is 14. The van der Waals surface area contributed by atoms with Gasteiger partial charge in [-0.2, -0.15) is 0 Å². The first kappa shape index (κ1) is 34.3. The summed E-state index contributed by atoms with van der Waals surface area (Å²) >= 11 is 13.1. The van der Waals surface area contributed by atoms with Gasteiger partial charge in [0.05, 0.1) is 16.8 Å². The smallest absolute Gasteiger partial charge is 0.407 e. The van der Waals surface area contributed by atoms with Crippen LogP contribution in [0.1, 0.15) is 13.3 Å². The van der Waals surface area contributed by atoms with Crippen molar-refractivity contribution < 1.29 is 19.1 Å². The molecule has 0 radical (unpaired) electrons. The first-order valence-electron chi connectivity index (χ1n) is 15.4. The van der Waals surface area contributed by atoms with Gasteiger partial charge in [0, 0.05) is 53.1 Å². The van der Waals surface area contributed by atoms with Crippen molar-refractivity contribution in [3.05, 3.63) is 103 Å². The first-order chi connectivity index (χ1) is 23.4. The van der Waals surface area contributed by atoms with Gasteiger partial charge in [-0.25, -0.2) is 14.6 Å². The van der Waals surface area contributed by atoms with Crippen molar-refractivity contribution in [1.82, 2.24) is 10.3 Å². The van der Waals surface area contributed by atoms with Gasteiger partial charge in [0.25, 0.3) is 0 Å². The molecule has 0 spiro atoms. The van der Waals surface area contributed by atoms with Crippen molar-refractivity contribution in [2.45, 2.75) is 22.6 Å². The molecule has 4 aromatic carbocycles. The number of ether oxygens (including phenoxy) is 2. The normalized spacial score (nSPS) is 12.6. The minimum atomic E-state index is -0.550. The number of hydrogen-bond acceptors (Lipinski definition) is 9. The molecule has 1 unspecified atom stereocenters. The number of thiazole rings is 1. The fraction of sp³-hybridized carbons (Fsp3) is 0.216. The SMILES string of the molecule is C=CC(=O)OCCNC(=O)OCC(CC)(CSc1cccc(-c2cccc3c2sc2ccccc23)c1)CSc1nc2cc(Cl)ccc2s1. The summed E-state index contributed by atoms with van der Waals surface area (Å²) in [7, 11) is 0. The van der Waals surface area contributed by atoms with Gasteiger partial charge in [0.2, 0.25) is 0 Å². The van der Waals surface area contributed by atoms with E-state index in [2.05, 4.69) is 85.5 Å². The third kappa shape index (κ3) is 8.18. The Morgan fingerprint density at radius 2 is 1.75 bits per heavy atom. The lowest BCUT2D eigenvalue weighted by Gasteiger charge is -2.31. The molecule has 1 atom stereocenters. The zero-order valence-electron chi connectivity index (χ0n) is 26.2. The maximum absolute atomic E-state index is 12.7. The molecule has 0 bridgehead atoms. The van der Waals surface area contributed by atoms with Gasteiger partial charge in [0.1, 0.15) is 13.2 Å². The summed E-state index contributed by atoms with van der Waals surface area (Å²) in [5, 5.41) is 5.89. The third-order valence-electron chi connectivity index (χ3n) is 7.97. The number of aromatic nitrogens is 1. The van der Waals surface area contributed by atoms with Gasteiger partial charge in [-0.05, 0) is 53.9 Å². The van der Waals surface area contributed by atoms with Crippen LogP contribution in [0.25, 0.3) is 41.5 Å². The van der Waals surface area contributed by atoms with Crippen LogP contribution in [-0.4, -0.2) is 48.3 Å². The van der Waals surface area contributed by atoms with E-state index in [4.69, 9.17) is 26.1 Å².